The van der Waals surface area contributed by atoms with Crippen molar-refractivity contribution in [3.05, 3.63) is 58.7 Å². The van der Waals surface area contributed by atoms with Crippen molar-refractivity contribution in [3.63, 3.8) is 0 Å². The molecule has 134 valence electrons. The maximum Gasteiger partial charge on any atom is 0 e. The van der Waals surface area contributed by atoms with Crippen LogP contribution in [0.5, 0.6) is 0 Å². The Morgan fingerprint density at radius 2 is 0.962 bits per heavy atom. The van der Waals surface area contributed by atoms with Crippen molar-refractivity contribution in [3.8, 4) is 11.1 Å². The second kappa shape index (κ2) is 8.03. The van der Waals surface area contributed by atoms with E-state index in [4.69, 9.17) is 0 Å². The van der Waals surface area contributed by atoms with E-state index in [1.165, 1.54) is 64.2 Å². The molecule has 2 aromatic carbocycles. The molecule has 0 N–H and O–H groups in total. The Bertz CT molecular complexity index is 698. The molecule has 0 aromatic heterocycles. The van der Waals surface area contributed by atoms with E-state index in [9.17, 15) is 0 Å². The van der Waals surface area contributed by atoms with Gasteiger partial charge in [-0.05, 0) is 77.3 Å². The summed E-state index contributed by atoms with van der Waals surface area (Å²) in [6, 6.07) is 14.8. The zero-order valence-corrected chi connectivity index (χ0v) is 17.5. The molecular formula is C25H30Ti. The van der Waals surface area contributed by atoms with Crippen molar-refractivity contribution in [2.24, 2.45) is 0 Å². The topological polar surface area (TPSA) is 0 Å². The molecule has 2 fully saturated rings. The molecule has 0 nitrogen and oxygen atoms in total. The minimum absolute atomic E-state index is 0. The third-order valence-corrected chi connectivity index (χ3v) is 7.09. The summed E-state index contributed by atoms with van der Waals surface area (Å²) in [5.74, 6) is 1.62. The van der Waals surface area contributed by atoms with E-state index in [1.54, 1.807) is 33.4 Å². The van der Waals surface area contributed by atoms with Gasteiger partial charge in [0, 0.05) is 21.7 Å². The minimum atomic E-state index is 0. The van der Waals surface area contributed by atoms with Crippen LogP contribution in [0.2, 0.25) is 0 Å². The summed E-state index contributed by atoms with van der Waals surface area (Å²) in [5.41, 5.74) is 9.42. The molecule has 5 rings (SSSR count). The Morgan fingerprint density at radius 1 is 0.538 bits per heavy atom. The van der Waals surface area contributed by atoms with Crippen molar-refractivity contribution in [2.45, 2.75) is 82.5 Å². The Kier molecular flexibility index (Phi) is 5.72. The van der Waals surface area contributed by atoms with E-state index in [1.807, 2.05) is 0 Å². The molecule has 0 atom stereocenters. The van der Waals surface area contributed by atoms with Gasteiger partial charge in [0.05, 0.1) is 0 Å². The van der Waals surface area contributed by atoms with Gasteiger partial charge in [-0.15, -0.1) is 0 Å². The molecule has 3 aliphatic rings. The van der Waals surface area contributed by atoms with Crippen LogP contribution in [-0.2, 0) is 28.1 Å². The van der Waals surface area contributed by atoms with Crippen LogP contribution < -0.4 is 0 Å². The first-order valence-electron chi connectivity index (χ1n) is 10.6. The number of hydrogen-bond acceptors (Lipinski definition) is 0. The predicted octanol–water partition coefficient (Wildman–Crippen LogP) is 7.35. The van der Waals surface area contributed by atoms with Gasteiger partial charge >= 0.3 is 0 Å². The van der Waals surface area contributed by atoms with Crippen LogP contribution in [0.1, 0.15) is 98.3 Å². The van der Waals surface area contributed by atoms with Crippen LogP contribution in [0, 0.1) is 0 Å². The monoisotopic (exact) mass is 378 g/mol. The number of hydrogen-bond donors (Lipinski definition) is 0. The number of benzene rings is 2. The molecular weight excluding hydrogens is 348 g/mol. The van der Waals surface area contributed by atoms with Gasteiger partial charge in [0.2, 0.25) is 0 Å². The van der Waals surface area contributed by atoms with Gasteiger partial charge in [0.25, 0.3) is 0 Å². The van der Waals surface area contributed by atoms with E-state index >= 15 is 0 Å². The van der Waals surface area contributed by atoms with E-state index in [0.717, 1.165) is 18.3 Å². The van der Waals surface area contributed by atoms with Gasteiger partial charge in [-0.25, -0.2) is 0 Å². The first-order valence-corrected chi connectivity index (χ1v) is 10.6. The summed E-state index contributed by atoms with van der Waals surface area (Å²) >= 11 is 0. The zero-order chi connectivity index (χ0) is 16.6. The van der Waals surface area contributed by atoms with Gasteiger partial charge in [0.15, 0.2) is 0 Å². The van der Waals surface area contributed by atoms with Gasteiger partial charge in [-0.2, -0.15) is 0 Å². The van der Waals surface area contributed by atoms with Gasteiger partial charge in [-0.3, -0.25) is 0 Å². The fourth-order valence-electron chi connectivity index (χ4n) is 5.58. The van der Waals surface area contributed by atoms with Crippen LogP contribution in [0.25, 0.3) is 11.1 Å². The quantitative estimate of drug-likeness (QED) is 0.409. The van der Waals surface area contributed by atoms with E-state index < -0.39 is 0 Å². The Hall–Kier alpha value is -0.846. The first-order chi connectivity index (χ1) is 12.4. The zero-order valence-electron chi connectivity index (χ0n) is 15.9. The maximum absolute atomic E-state index is 2.56. The normalized spacial score (nSPS) is 20.3. The van der Waals surface area contributed by atoms with Crippen LogP contribution in [0.4, 0.5) is 0 Å². The summed E-state index contributed by atoms with van der Waals surface area (Å²) in [5, 5.41) is 0. The average Bonchev–Trinajstić information content (AvgIpc) is 3.06. The third-order valence-electron chi connectivity index (χ3n) is 7.09. The molecule has 0 spiro atoms. The molecule has 0 aliphatic heterocycles. The van der Waals surface area contributed by atoms with Crippen LogP contribution in [0.15, 0.2) is 36.4 Å². The van der Waals surface area contributed by atoms with Crippen LogP contribution in [-0.4, -0.2) is 0 Å². The Labute approximate surface area is 173 Å². The smallest absolute Gasteiger partial charge is 0 e. The molecule has 2 saturated carbocycles. The average molecular weight is 378 g/mol. The molecule has 0 unspecified atom stereocenters. The number of fused-ring (bicyclic) bond motifs is 3. The van der Waals surface area contributed by atoms with Crippen molar-refractivity contribution in [1.29, 1.82) is 0 Å². The molecule has 26 heavy (non-hydrogen) atoms. The van der Waals surface area contributed by atoms with Crippen LogP contribution in [0.3, 0.4) is 0 Å². The minimum Gasteiger partial charge on any atom is -0.0584 e. The Balaban J connectivity index is 0.00000168. The molecule has 3 aliphatic carbocycles. The molecule has 0 saturated heterocycles. The fourth-order valence-corrected chi connectivity index (χ4v) is 5.58. The molecule has 1 heteroatoms. The van der Waals surface area contributed by atoms with E-state index in [2.05, 4.69) is 36.4 Å². The summed E-state index contributed by atoms with van der Waals surface area (Å²) in [7, 11) is 0. The number of rotatable bonds is 2. The maximum atomic E-state index is 2.56. The fraction of sp³-hybridized carbons (Fsp3) is 0.520. The standard InChI is InChI=1S/C25H30.Ti/c1-3-7-18(8-4-1)20-11-13-22-15-23-14-12-21(17-25(23)24(22)16-20)19-9-5-2-6-10-19;/h11-14,16-19H,1-10,15H2;. The predicted molar refractivity (Wildman–Crippen MR) is 106 cm³/mol. The second-order valence-corrected chi connectivity index (χ2v) is 8.68. The van der Waals surface area contributed by atoms with Crippen molar-refractivity contribution < 1.29 is 21.7 Å². The molecule has 0 heterocycles. The summed E-state index contributed by atoms with van der Waals surface area (Å²) in [4.78, 5) is 0. The SMILES string of the molecule is [Ti].c1cc2c(cc1C1CCCCC1)-c1cc(C3CCCCC3)ccc1C2. The third kappa shape index (κ3) is 3.48. The van der Waals surface area contributed by atoms with Crippen LogP contribution >= 0.6 is 0 Å². The Morgan fingerprint density at radius 3 is 1.38 bits per heavy atom. The van der Waals surface area contributed by atoms with Crippen molar-refractivity contribution in [2.75, 3.05) is 0 Å². The van der Waals surface area contributed by atoms with E-state index in [0.29, 0.717) is 0 Å². The molecule has 0 amide bonds. The van der Waals surface area contributed by atoms with Gasteiger partial charge in [-0.1, -0.05) is 74.9 Å². The molecule has 0 radical (unpaired) electrons. The van der Waals surface area contributed by atoms with Gasteiger partial charge in [0.1, 0.15) is 0 Å². The van der Waals surface area contributed by atoms with Gasteiger partial charge < -0.3 is 0 Å². The second-order valence-electron chi connectivity index (χ2n) is 8.68. The summed E-state index contributed by atoms with van der Waals surface area (Å²) < 4.78 is 0. The van der Waals surface area contributed by atoms with Crippen molar-refractivity contribution in [1.82, 2.24) is 0 Å². The largest absolute Gasteiger partial charge is 0.0584 e. The summed E-state index contributed by atoms with van der Waals surface area (Å²) in [6.07, 6.45) is 15.3. The first kappa shape index (κ1) is 18.5. The molecule has 0 bridgehead atoms. The van der Waals surface area contributed by atoms with Crippen molar-refractivity contribution >= 4 is 0 Å². The summed E-state index contributed by atoms with van der Waals surface area (Å²) in [6.45, 7) is 0. The molecule has 2 aromatic rings. The van der Waals surface area contributed by atoms with E-state index in [-0.39, 0.29) is 21.7 Å².